The van der Waals surface area contributed by atoms with E-state index in [0.29, 0.717) is 10.2 Å². The average Bonchev–Trinajstić information content (AvgIpc) is 2.01. The van der Waals surface area contributed by atoms with Crippen molar-refractivity contribution in [1.82, 2.24) is 9.55 Å². The fourth-order valence-electron chi connectivity index (χ4n) is 0.729. The second kappa shape index (κ2) is 3.37. The number of rotatable bonds is 1. The summed E-state index contributed by atoms with van der Waals surface area (Å²) in [4.78, 5) is 3.92. The highest BCUT2D eigenvalue weighted by Gasteiger charge is 2.05. The van der Waals surface area contributed by atoms with Crippen LogP contribution in [0.25, 0.3) is 0 Å². The van der Waals surface area contributed by atoms with E-state index in [4.69, 9.17) is 22.4 Å². The van der Waals surface area contributed by atoms with Crippen LogP contribution < -0.4 is 5.49 Å². The Hall–Kier alpha value is -0.680. The maximum atomic E-state index is 7.52. The molecule has 0 radical (unpaired) electrons. The summed E-state index contributed by atoms with van der Waals surface area (Å²) in [6.45, 7) is 1.74. The third-order valence-electron chi connectivity index (χ3n) is 1.35. The SMILES string of the molecule is Cc1nc(Cl)n(C=N)c(=N)c1Br. The van der Waals surface area contributed by atoms with Crippen molar-refractivity contribution >= 4 is 33.9 Å². The Bertz CT molecular complexity index is 384. The predicted octanol–water partition coefficient (Wildman–Crippen LogP) is 1.54. The van der Waals surface area contributed by atoms with Gasteiger partial charge in [0.05, 0.1) is 16.5 Å². The number of aromatic nitrogens is 2. The minimum Gasteiger partial charge on any atom is -0.291 e. The average molecular weight is 249 g/mol. The Morgan fingerprint density at radius 3 is 2.75 bits per heavy atom. The summed E-state index contributed by atoms with van der Waals surface area (Å²) in [5, 5.41) is 14.6. The Morgan fingerprint density at radius 1 is 1.67 bits per heavy atom. The fraction of sp³-hybridized carbons (Fsp3) is 0.167. The van der Waals surface area contributed by atoms with Crippen molar-refractivity contribution in [1.29, 1.82) is 10.8 Å². The molecule has 12 heavy (non-hydrogen) atoms. The Kier molecular flexibility index (Phi) is 2.64. The van der Waals surface area contributed by atoms with Gasteiger partial charge in [0.2, 0.25) is 5.28 Å². The van der Waals surface area contributed by atoms with Gasteiger partial charge in [-0.25, -0.2) is 4.98 Å². The first-order chi connectivity index (χ1) is 5.57. The first-order valence-electron chi connectivity index (χ1n) is 3.07. The maximum Gasteiger partial charge on any atom is 0.209 e. The highest BCUT2D eigenvalue weighted by Crippen LogP contribution is 2.10. The van der Waals surface area contributed by atoms with Crippen molar-refractivity contribution in [2.24, 2.45) is 0 Å². The fourth-order valence-corrected chi connectivity index (χ4v) is 1.27. The quantitative estimate of drug-likeness (QED) is 0.442. The molecular formula is C6H6BrClN4. The smallest absolute Gasteiger partial charge is 0.209 e. The monoisotopic (exact) mass is 248 g/mol. The van der Waals surface area contributed by atoms with Gasteiger partial charge in [0, 0.05) is 0 Å². The van der Waals surface area contributed by atoms with Crippen molar-refractivity contribution in [3.63, 3.8) is 0 Å². The van der Waals surface area contributed by atoms with E-state index in [-0.39, 0.29) is 10.8 Å². The summed E-state index contributed by atoms with van der Waals surface area (Å²) < 4.78 is 1.72. The second-order valence-corrected chi connectivity index (χ2v) is 3.26. The zero-order valence-corrected chi connectivity index (χ0v) is 8.57. The van der Waals surface area contributed by atoms with Gasteiger partial charge in [0.15, 0.2) is 0 Å². The second-order valence-electron chi connectivity index (χ2n) is 2.13. The molecule has 0 amide bonds. The van der Waals surface area contributed by atoms with Gasteiger partial charge in [-0.3, -0.25) is 15.4 Å². The van der Waals surface area contributed by atoms with Gasteiger partial charge in [-0.2, -0.15) is 0 Å². The van der Waals surface area contributed by atoms with Gasteiger partial charge in [-0.05, 0) is 34.5 Å². The van der Waals surface area contributed by atoms with Crippen molar-refractivity contribution in [3.05, 3.63) is 20.9 Å². The molecule has 4 nitrogen and oxygen atoms in total. The molecule has 64 valence electrons. The molecule has 2 N–H and O–H groups in total. The van der Waals surface area contributed by atoms with Crippen molar-refractivity contribution in [3.8, 4) is 0 Å². The standard InChI is InChI=1S/C6H6BrClN4/c1-3-4(7)5(10)12(2-9)6(8)11-3/h2,9-10H,1H3. The third-order valence-corrected chi connectivity index (χ3v) is 2.57. The number of halogens is 2. The minimum atomic E-state index is 0.121. The lowest BCUT2D eigenvalue weighted by atomic mass is 10.4. The lowest BCUT2D eigenvalue weighted by Gasteiger charge is -2.04. The highest BCUT2D eigenvalue weighted by molar-refractivity contribution is 9.10. The van der Waals surface area contributed by atoms with Crippen LogP contribution >= 0.6 is 27.5 Å². The zero-order chi connectivity index (χ0) is 9.30. The lowest BCUT2D eigenvalue weighted by molar-refractivity contribution is 0.904. The summed E-state index contributed by atoms with van der Waals surface area (Å²) in [5.41, 5.74) is 0.769. The Labute approximate surface area is 82.4 Å². The molecule has 0 aliphatic rings. The van der Waals surface area contributed by atoms with Gasteiger partial charge >= 0.3 is 0 Å². The lowest BCUT2D eigenvalue weighted by Crippen LogP contribution is -2.23. The topological polar surface area (TPSA) is 65.5 Å². The zero-order valence-electron chi connectivity index (χ0n) is 6.23. The van der Waals surface area contributed by atoms with Gasteiger partial charge in [0.1, 0.15) is 5.49 Å². The molecule has 0 aliphatic heterocycles. The number of aryl methyl sites for hydroxylation is 1. The molecule has 1 heterocycles. The van der Waals surface area contributed by atoms with Crippen molar-refractivity contribution < 1.29 is 0 Å². The van der Waals surface area contributed by atoms with E-state index < -0.39 is 0 Å². The van der Waals surface area contributed by atoms with Crippen LogP contribution in [0.3, 0.4) is 0 Å². The van der Waals surface area contributed by atoms with Crippen LogP contribution in [0, 0.1) is 17.7 Å². The first kappa shape index (κ1) is 9.41. The largest absolute Gasteiger partial charge is 0.291 e. The number of hydrogen-bond donors (Lipinski definition) is 2. The first-order valence-corrected chi connectivity index (χ1v) is 4.24. The van der Waals surface area contributed by atoms with Crippen molar-refractivity contribution in [2.45, 2.75) is 6.92 Å². The number of nitrogens with one attached hydrogen (secondary N) is 2. The molecule has 1 aromatic heterocycles. The molecule has 6 heteroatoms. The molecule has 0 fully saturated rings. The van der Waals surface area contributed by atoms with Crippen LogP contribution in [0.4, 0.5) is 0 Å². The van der Waals surface area contributed by atoms with E-state index in [1.165, 1.54) is 4.57 Å². The normalized spacial score (nSPS) is 9.92. The van der Waals surface area contributed by atoms with E-state index in [0.717, 1.165) is 6.34 Å². The van der Waals surface area contributed by atoms with Crippen molar-refractivity contribution in [2.75, 3.05) is 0 Å². The maximum absolute atomic E-state index is 7.52. The van der Waals surface area contributed by atoms with Crippen LogP contribution in [-0.2, 0) is 0 Å². The van der Waals surface area contributed by atoms with Gasteiger partial charge in [-0.15, -0.1) is 0 Å². The van der Waals surface area contributed by atoms with Crippen LogP contribution in [0.1, 0.15) is 5.69 Å². The summed E-state index contributed by atoms with van der Waals surface area (Å²) in [7, 11) is 0. The van der Waals surface area contributed by atoms with Crippen LogP contribution in [0.2, 0.25) is 5.28 Å². The molecule has 0 aromatic carbocycles. The minimum absolute atomic E-state index is 0.121. The van der Waals surface area contributed by atoms with E-state index in [1.807, 2.05) is 0 Å². The van der Waals surface area contributed by atoms with Gasteiger partial charge in [0.25, 0.3) is 0 Å². The molecule has 1 aromatic rings. The molecule has 0 bridgehead atoms. The molecule has 0 spiro atoms. The van der Waals surface area contributed by atoms with E-state index in [1.54, 1.807) is 6.92 Å². The summed E-state index contributed by atoms with van der Waals surface area (Å²) in [6, 6.07) is 0. The molecular weight excluding hydrogens is 243 g/mol. The van der Waals surface area contributed by atoms with Gasteiger partial charge < -0.3 is 0 Å². The Morgan fingerprint density at radius 2 is 2.25 bits per heavy atom. The summed E-state index contributed by atoms with van der Waals surface area (Å²) in [6.07, 6.45) is 0.946. The van der Waals surface area contributed by atoms with Crippen LogP contribution in [-0.4, -0.2) is 15.9 Å². The molecule has 0 saturated carbocycles. The summed E-state index contributed by atoms with van der Waals surface area (Å²) in [5.74, 6) is 0. The molecule has 0 saturated heterocycles. The predicted molar refractivity (Wildman–Crippen MR) is 49.7 cm³/mol. The van der Waals surface area contributed by atoms with E-state index in [9.17, 15) is 0 Å². The summed E-state index contributed by atoms with van der Waals surface area (Å²) >= 11 is 8.84. The third kappa shape index (κ3) is 1.42. The Balaban J connectivity index is 3.63. The highest BCUT2D eigenvalue weighted by atomic mass is 79.9. The van der Waals surface area contributed by atoms with E-state index in [2.05, 4.69) is 20.9 Å². The molecule has 1 rings (SSSR count). The number of nitrogens with zero attached hydrogens (tertiary/aromatic N) is 2. The molecule has 0 aliphatic carbocycles. The molecule has 0 atom stereocenters. The number of hydrogen-bond acceptors (Lipinski definition) is 3. The van der Waals surface area contributed by atoms with Gasteiger partial charge in [-0.1, -0.05) is 0 Å². The molecule has 0 unspecified atom stereocenters. The van der Waals surface area contributed by atoms with Crippen LogP contribution in [0.5, 0.6) is 0 Å². The van der Waals surface area contributed by atoms with Crippen LogP contribution in [0.15, 0.2) is 4.47 Å². The van der Waals surface area contributed by atoms with E-state index >= 15 is 0 Å².